The zero-order valence-corrected chi connectivity index (χ0v) is 11.8. The van der Waals surface area contributed by atoms with Crippen LogP contribution in [0.1, 0.15) is 26.3 Å². The van der Waals surface area contributed by atoms with E-state index in [1.54, 1.807) is 0 Å². The fourth-order valence-corrected chi connectivity index (χ4v) is 2.13. The summed E-state index contributed by atoms with van der Waals surface area (Å²) < 4.78 is 10.9. The monoisotopic (exact) mass is 256 g/mol. The van der Waals surface area contributed by atoms with Gasteiger partial charge in [-0.3, -0.25) is 0 Å². The summed E-state index contributed by atoms with van der Waals surface area (Å²) in [7, 11) is 0. The Balaban J connectivity index is 1.90. The van der Waals surface area contributed by atoms with E-state index in [0.29, 0.717) is 12.7 Å². The molecule has 0 bridgehead atoms. The summed E-state index contributed by atoms with van der Waals surface area (Å²) in [5, 5.41) is 2.49. The van der Waals surface area contributed by atoms with Crippen molar-refractivity contribution in [3.8, 4) is 5.75 Å². The predicted octanol–water partition coefficient (Wildman–Crippen LogP) is 3.91. The van der Waals surface area contributed by atoms with Crippen LogP contribution in [-0.4, -0.2) is 19.3 Å². The minimum Gasteiger partial charge on any atom is -0.491 e. The fourth-order valence-electron chi connectivity index (χ4n) is 2.13. The fraction of sp³-hybridized carbons (Fsp3) is 0.412. The van der Waals surface area contributed by atoms with Gasteiger partial charge in [0.15, 0.2) is 0 Å². The van der Waals surface area contributed by atoms with Gasteiger partial charge in [0.25, 0.3) is 0 Å². The first-order valence-electron chi connectivity index (χ1n) is 6.81. The molecule has 1 fully saturated rings. The van der Waals surface area contributed by atoms with E-state index in [9.17, 15) is 0 Å². The van der Waals surface area contributed by atoms with Crippen molar-refractivity contribution in [3.05, 3.63) is 42.0 Å². The topological polar surface area (TPSA) is 21.8 Å². The van der Waals surface area contributed by atoms with Crippen molar-refractivity contribution in [3.63, 3.8) is 0 Å². The van der Waals surface area contributed by atoms with Crippen LogP contribution in [0, 0.1) is 0 Å². The molecule has 2 aromatic rings. The van der Waals surface area contributed by atoms with Crippen LogP contribution in [0.2, 0.25) is 0 Å². The van der Waals surface area contributed by atoms with E-state index in [1.807, 2.05) is 6.07 Å². The molecule has 2 heteroatoms. The lowest BCUT2D eigenvalue weighted by atomic mass is 9.86. The van der Waals surface area contributed by atoms with Crippen LogP contribution in [0.15, 0.2) is 36.4 Å². The highest BCUT2D eigenvalue weighted by atomic mass is 16.6. The third-order valence-corrected chi connectivity index (χ3v) is 3.52. The van der Waals surface area contributed by atoms with Crippen molar-refractivity contribution in [1.82, 2.24) is 0 Å². The van der Waals surface area contributed by atoms with E-state index in [0.717, 1.165) is 12.4 Å². The summed E-state index contributed by atoms with van der Waals surface area (Å²) in [5.41, 5.74) is 1.52. The average Bonchev–Trinajstić information content (AvgIpc) is 3.18. The molecule has 1 aliphatic heterocycles. The molecule has 1 unspecified atom stereocenters. The molecule has 0 radical (unpaired) electrons. The van der Waals surface area contributed by atoms with Gasteiger partial charge >= 0.3 is 0 Å². The maximum absolute atomic E-state index is 5.74. The van der Waals surface area contributed by atoms with Crippen molar-refractivity contribution in [1.29, 1.82) is 0 Å². The van der Waals surface area contributed by atoms with Gasteiger partial charge in [-0.1, -0.05) is 45.0 Å². The van der Waals surface area contributed by atoms with Gasteiger partial charge in [-0.25, -0.2) is 0 Å². The third-order valence-electron chi connectivity index (χ3n) is 3.52. The molecule has 0 spiro atoms. The molecule has 2 nitrogen and oxygen atoms in total. The highest BCUT2D eigenvalue weighted by Crippen LogP contribution is 2.28. The summed E-state index contributed by atoms with van der Waals surface area (Å²) >= 11 is 0. The van der Waals surface area contributed by atoms with Crippen LogP contribution >= 0.6 is 0 Å². The van der Waals surface area contributed by atoms with Crippen molar-refractivity contribution in [2.24, 2.45) is 0 Å². The Kier molecular flexibility index (Phi) is 2.98. The zero-order valence-electron chi connectivity index (χ0n) is 11.8. The Morgan fingerprint density at radius 1 is 1.11 bits per heavy atom. The van der Waals surface area contributed by atoms with E-state index in [1.165, 1.54) is 16.3 Å². The molecule has 19 heavy (non-hydrogen) atoms. The Morgan fingerprint density at radius 3 is 2.53 bits per heavy atom. The predicted molar refractivity (Wildman–Crippen MR) is 77.9 cm³/mol. The van der Waals surface area contributed by atoms with Gasteiger partial charge in [0, 0.05) is 0 Å². The smallest absolute Gasteiger partial charge is 0.120 e. The third kappa shape index (κ3) is 2.90. The van der Waals surface area contributed by atoms with Crippen molar-refractivity contribution < 1.29 is 9.47 Å². The molecular formula is C17H20O2. The van der Waals surface area contributed by atoms with Crippen LogP contribution in [0.25, 0.3) is 10.8 Å². The minimum atomic E-state index is 0.174. The largest absolute Gasteiger partial charge is 0.491 e. The number of epoxide rings is 1. The van der Waals surface area contributed by atoms with E-state index in [2.05, 4.69) is 51.1 Å². The SMILES string of the molecule is CC(C)(C)c1ccc2ccc(OCC3CO3)cc2c1. The zero-order chi connectivity index (χ0) is 13.5. The van der Waals surface area contributed by atoms with Gasteiger partial charge in [-0.05, 0) is 33.9 Å². The Morgan fingerprint density at radius 2 is 1.84 bits per heavy atom. The second-order valence-electron chi connectivity index (χ2n) is 6.24. The maximum Gasteiger partial charge on any atom is 0.120 e. The minimum absolute atomic E-state index is 0.174. The highest BCUT2D eigenvalue weighted by molar-refractivity contribution is 5.84. The lowest BCUT2D eigenvalue weighted by molar-refractivity contribution is 0.263. The van der Waals surface area contributed by atoms with Gasteiger partial charge in [0.1, 0.15) is 18.5 Å². The Bertz CT molecular complexity index is 592. The van der Waals surface area contributed by atoms with Crippen LogP contribution in [-0.2, 0) is 10.2 Å². The first kappa shape index (κ1) is 12.5. The maximum atomic E-state index is 5.74. The van der Waals surface area contributed by atoms with Gasteiger partial charge in [-0.15, -0.1) is 0 Å². The van der Waals surface area contributed by atoms with Gasteiger partial charge in [0.2, 0.25) is 0 Å². The summed E-state index contributed by atoms with van der Waals surface area (Å²) in [6.07, 6.45) is 0.302. The van der Waals surface area contributed by atoms with Gasteiger partial charge in [-0.2, -0.15) is 0 Å². The molecule has 1 saturated heterocycles. The van der Waals surface area contributed by atoms with Crippen molar-refractivity contribution in [2.75, 3.05) is 13.2 Å². The number of fused-ring (bicyclic) bond motifs is 1. The summed E-state index contributed by atoms with van der Waals surface area (Å²) in [4.78, 5) is 0. The number of hydrogen-bond acceptors (Lipinski definition) is 2. The molecule has 0 saturated carbocycles. The molecule has 1 heterocycles. The Labute approximate surface area is 114 Å². The van der Waals surface area contributed by atoms with E-state index >= 15 is 0 Å². The van der Waals surface area contributed by atoms with Crippen LogP contribution < -0.4 is 4.74 Å². The second-order valence-corrected chi connectivity index (χ2v) is 6.24. The van der Waals surface area contributed by atoms with E-state index < -0.39 is 0 Å². The van der Waals surface area contributed by atoms with Crippen LogP contribution in [0.5, 0.6) is 5.75 Å². The van der Waals surface area contributed by atoms with Crippen molar-refractivity contribution in [2.45, 2.75) is 32.3 Å². The normalized spacial score (nSPS) is 18.6. The molecule has 0 aromatic heterocycles. The summed E-state index contributed by atoms with van der Waals surface area (Å²) in [6, 6.07) is 12.9. The molecule has 0 N–H and O–H groups in total. The molecule has 3 rings (SSSR count). The highest BCUT2D eigenvalue weighted by Gasteiger charge is 2.23. The number of hydrogen-bond donors (Lipinski definition) is 0. The van der Waals surface area contributed by atoms with Gasteiger partial charge < -0.3 is 9.47 Å². The second kappa shape index (κ2) is 4.53. The number of rotatable bonds is 3. The van der Waals surface area contributed by atoms with E-state index in [4.69, 9.17) is 9.47 Å². The average molecular weight is 256 g/mol. The standard InChI is InChI=1S/C17H20O2/c1-17(2,3)14-6-4-12-5-7-15(9-13(12)8-14)18-10-16-11-19-16/h4-9,16H,10-11H2,1-3H3. The van der Waals surface area contributed by atoms with Crippen LogP contribution in [0.4, 0.5) is 0 Å². The lowest BCUT2D eigenvalue weighted by Gasteiger charge is -2.19. The Hall–Kier alpha value is -1.54. The summed E-state index contributed by atoms with van der Waals surface area (Å²) in [5.74, 6) is 0.925. The van der Waals surface area contributed by atoms with Gasteiger partial charge in [0.05, 0.1) is 6.61 Å². The first-order valence-corrected chi connectivity index (χ1v) is 6.81. The summed E-state index contributed by atoms with van der Waals surface area (Å²) in [6.45, 7) is 8.20. The molecule has 2 aromatic carbocycles. The molecule has 0 amide bonds. The first-order chi connectivity index (χ1) is 9.02. The quantitative estimate of drug-likeness (QED) is 0.776. The molecular weight excluding hydrogens is 236 g/mol. The molecule has 1 atom stereocenters. The number of benzene rings is 2. The van der Waals surface area contributed by atoms with E-state index in [-0.39, 0.29) is 5.41 Å². The number of ether oxygens (including phenoxy) is 2. The molecule has 1 aliphatic rings. The van der Waals surface area contributed by atoms with Crippen molar-refractivity contribution >= 4 is 10.8 Å². The van der Waals surface area contributed by atoms with Crippen LogP contribution in [0.3, 0.4) is 0 Å². The molecule has 100 valence electrons. The molecule has 0 aliphatic carbocycles. The lowest BCUT2D eigenvalue weighted by Crippen LogP contribution is -2.10.